The van der Waals surface area contributed by atoms with Gasteiger partial charge in [-0.3, -0.25) is 9.78 Å². The number of ether oxygens (including phenoxy) is 1. The van der Waals surface area contributed by atoms with Crippen LogP contribution in [0.5, 0.6) is 5.75 Å². The number of pyridine rings is 1. The molecule has 6 heteroatoms. The Hall–Kier alpha value is -2.50. The zero-order valence-electron chi connectivity index (χ0n) is 12.4. The van der Waals surface area contributed by atoms with E-state index in [0.29, 0.717) is 30.8 Å². The van der Waals surface area contributed by atoms with Gasteiger partial charge in [-0.1, -0.05) is 6.07 Å². The van der Waals surface area contributed by atoms with Gasteiger partial charge in [0.1, 0.15) is 24.0 Å². The Bertz CT molecular complexity index is 721. The van der Waals surface area contributed by atoms with E-state index in [2.05, 4.69) is 10.3 Å². The molecule has 0 bridgehead atoms. The summed E-state index contributed by atoms with van der Waals surface area (Å²) in [6.07, 6.45) is 3.95. The molecule has 1 atom stereocenters. The van der Waals surface area contributed by atoms with Crippen LogP contribution in [0.2, 0.25) is 0 Å². The molecule has 0 radical (unpaired) electrons. The summed E-state index contributed by atoms with van der Waals surface area (Å²) >= 11 is 0. The van der Waals surface area contributed by atoms with Crippen molar-refractivity contribution in [3.8, 4) is 5.75 Å². The van der Waals surface area contributed by atoms with E-state index < -0.39 is 5.82 Å². The Morgan fingerprint density at radius 1 is 1.26 bits per heavy atom. The minimum atomic E-state index is -0.410. The van der Waals surface area contributed by atoms with Crippen molar-refractivity contribution in [1.82, 2.24) is 10.3 Å². The quantitative estimate of drug-likeness (QED) is 0.942. The predicted octanol–water partition coefficient (Wildman–Crippen LogP) is 2.41. The molecule has 0 fully saturated rings. The number of hydrogen-bond donors (Lipinski definition) is 1. The van der Waals surface area contributed by atoms with E-state index >= 15 is 0 Å². The zero-order chi connectivity index (χ0) is 16.2. The first-order valence-corrected chi connectivity index (χ1v) is 7.40. The highest BCUT2D eigenvalue weighted by molar-refractivity contribution is 5.76. The SMILES string of the molecule is O=C(CCc1cncc(F)c1)NC1COc2cc(F)ccc2C1. The van der Waals surface area contributed by atoms with E-state index in [1.54, 1.807) is 12.3 Å². The van der Waals surface area contributed by atoms with E-state index in [9.17, 15) is 13.6 Å². The van der Waals surface area contributed by atoms with Crippen LogP contribution in [0.1, 0.15) is 17.5 Å². The topological polar surface area (TPSA) is 51.2 Å². The number of carbonyl (C=O) groups excluding carboxylic acids is 1. The number of carbonyl (C=O) groups is 1. The molecule has 4 nitrogen and oxygen atoms in total. The molecule has 3 rings (SSSR count). The summed E-state index contributed by atoms with van der Waals surface area (Å²) in [7, 11) is 0. The second kappa shape index (κ2) is 6.73. The van der Waals surface area contributed by atoms with Crippen molar-refractivity contribution in [1.29, 1.82) is 0 Å². The summed E-state index contributed by atoms with van der Waals surface area (Å²) < 4.78 is 31.6. The molecule has 0 saturated carbocycles. The fraction of sp³-hybridized carbons (Fsp3) is 0.294. The predicted molar refractivity (Wildman–Crippen MR) is 80.0 cm³/mol. The van der Waals surface area contributed by atoms with Crippen molar-refractivity contribution in [2.24, 2.45) is 0 Å². The third-order valence-electron chi connectivity index (χ3n) is 3.70. The highest BCUT2D eigenvalue weighted by Crippen LogP contribution is 2.25. The van der Waals surface area contributed by atoms with Crippen molar-refractivity contribution >= 4 is 5.91 Å². The van der Waals surface area contributed by atoms with Gasteiger partial charge >= 0.3 is 0 Å². The van der Waals surface area contributed by atoms with Gasteiger partial charge < -0.3 is 10.1 Å². The number of hydrogen-bond acceptors (Lipinski definition) is 3. The smallest absolute Gasteiger partial charge is 0.220 e. The third-order valence-corrected chi connectivity index (χ3v) is 3.70. The van der Waals surface area contributed by atoms with Crippen molar-refractivity contribution in [2.45, 2.75) is 25.3 Å². The molecule has 0 spiro atoms. The number of aryl methyl sites for hydroxylation is 1. The standard InChI is InChI=1S/C17H16F2N2O2/c18-13-3-2-12-6-15(10-23-16(12)7-13)21-17(22)4-1-11-5-14(19)9-20-8-11/h2-3,5,7-9,15H,1,4,6,10H2,(H,21,22). The van der Waals surface area contributed by atoms with Crippen LogP contribution in [0.3, 0.4) is 0 Å². The van der Waals surface area contributed by atoms with Crippen LogP contribution in [0.4, 0.5) is 8.78 Å². The monoisotopic (exact) mass is 318 g/mol. The van der Waals surface area contributed by atoms with Crippen LogP contribution >= 0.6 is 0 Å². The lowest BCUT2D eigenvalue weighted by Crippen LogP contribution is -2.42. The molecule has 0 saturated heterocycles. The maximum atomic E-state index is 13.1. The molecule has 120 valence electrons. The number of nitrogens with zero attached hydrogens (tertiary/aromatic N) is 1. The molecule has 2 heterocycles. The summed E-state index contributed by atoms with van der Waals surface area (Å²) in [6.45, 7) is 0.309. The lowest BCUT2D eigenvalue weighted by molar-refractivity contribution is -0.122. The lowest BCUT2D eigenvalue weighted by atomic mass is 10.0. The first-order valence-electron chi connectivity index (χ1n) is 7.40. The van der Waals surface area contributed by atoms with Crippen LogP contribution in [0, 0.1) is 11.6 Å². The Kier molecular flexibility index (Phi) is 4.50. The van der Waals surface area contributed by atoms with E-state index in [4.69, 9.17) is 4.74 Å². The molecule has 23 heavy (non-hydrogen) atoms. The summed E-state index contributed by atoms with van der Waals surface area (Å²) in [5.74, 6) is -0.350. The van der Waals surface area contributed by atoms with Gasteiger partial charge in [-0.25, -0.2) is 8.78 Å². The normalized spacial score (nSPS) is 16.3. The van der Waals surface area contributed by atoms with Crippen molar-refractivity contribution in [3.05, 3.63) is 59.4 Å². The molecule has 1 aromatic heterocycles. The Balaban J connectivity index is 1.52. The molecule has 1 unspecified atom stereocenters. The number of aromatic nitrogens is 1. The van der Waals surface area contributed by atoms with Crippen LogP contribution in [-0.4, -0.2) is 23.5 Å². The summed E-state index contributed by atoms with van der Waals surface area (Å²) in [5.41, 5.74) is 1.55. The molecule has 1 aliphatic rings. The van der Waals surface area contributed by atoms with Gasteiger partial charge in [0.05, 0.1) is 12.2 Å². The van der Waals surface area contributed by atoms with Crippen molar-refractivity contribution in [3.63, 3.8) is 0 Å². The number of halogens is 2. The highest BCUT2D eigenvalue weighted by atomic mass is 19.1. The van der Waals surface area contributed by atoms with E-state index in [-0.39, 0.29) is 24.2 Å². The van der Waals surface area contributed by atoms with Gasteiger partial charge in [-0.05, 0) is 36.1 Å². The number of fused-ring (bicyclic) bond motifs is 1. The maximum Gasteiger partial charge on any atom is 0.220 e. The van der Waals surface area contributed by atoms with Crippen LogP contribution < -0.4 is 10.1 Å². The molecule has 1 aliphatic heterocycles. The molecular weight excluding hydrogens is 302 g/mol. The van der Waals surface area contributed by atoms with Crippen molar-refractivity contribution in [2.75, 3.05) is 6.61 Å². The fourth-order valence-corrected chi connectivity index (χ4v) is 2.59. The largest absolute Gasteiger partial charge is 0.491 e. The van der Waals surface area contributed by atoms with Gasteiger partial charge in [0, 0.05) is 18.7 Å². The average Bonchev–Trinajstić information content (AvgIpc) is 2.53. The van der Waals surface area contributed by atoms with E-state index in [1.165, 1.54) is 18.2 Å². The number of benzene rings is 1. The second-order valence-electron chi connectivity index (χ2n) is 5.54. The van der Waals surface area contributed by atoms with Crippen LogP contribution in [-0.2, 0) is 17.6 Å². The van der Waals surface area contributed by atoms with Gasteiger partial charge in [0.15, 0.2) is 0 Å². The minimum absolute atomic E-state index is 0.131. The first kappa shape index (κ1) is 15.4. The van der Waals surface area contributed by atoms with E-state index in [0.717, 1.165) is 11.8 Å². The molecule has 1 amide bonds. The van der Waals surface area contributed by atoms with E-state index in [1.807, 2.05) is 0 Å². The number of amides is 1. The molecule has 1 N–H and O–H groups in total. The second-order valence-corrected chi connectivity index (χ2v) is 5.54. The summed E-state index contributed by atoms with van der Waals surface area (Å²) in [6, 6.07) is 5.62. The zero-order valence-corrected chi connectivity index (χ0v) is 12.4. The van der Waals surface area contributed by atoms with Gasteiger partial charge in [-0.2, -0.15) is 0 Å². The number of nitrogens with one attached hydrogen (secondary N) is 1. The van der Waals surface area contributed by atoms with Gasteiger partial charge in [0.2, 0.25) is 5.91 Å². The van der Waals surface area contributed by atoms with Gasteiger partial charge in [-0.15, -0.1) is 0 Å². The average molecular weight is 318 g/mol. The third kappa shape index (κ3) is 4.03. The molecule has 2 aromatic rings. The summed E-state index contributed by atoms with van der Waals surface area (Å²) in [5, 5.41) is 2.89. The maximum absolute atomic E-state index is 13.1. The first-order chi connectivity index (χ1) is 11.1. The fourth-order valence-electron chi connectivity index (χ4n) is 2.59. The Labute approximate surface area is 132 Å². The minimum Gasteiger partial charge on any atom is -0.491 e. The molecule has 0 aliphatic carbocycles. The Morgan fingerprint density at radius 3 is 2.96 bits per heavy atom. The van der Waals surface area contributed by atoms with Gasteiger partial charge in [0.25, 0.3) is 0 Å². The summed E-state index contributed by atoms with van der Waals surface area (Å²) in [4.78, 5) is 15.7. The lowest BCUT2D eigenvalue weighted by Gasteiger charge is -2.26. The highest BCUT2D eigenvalue weighted by Gasteiger charge is 2.21. The Morgan fingerprint density at radius 2 is 2.13 bits per heavy atom. The molecule has 1 aromatic carbocycles. The number of rotatable bonds is 4. The van der Waals surface area contributed by atoms with Crippen molar-refractivity contribution < 1.29 is 18.3 Å². The molecular formula is C17H16F2N2O2. The van der Waals surface area contributed by atoms with Crippen LogP contribution in [0.15, 0.2) is 36.7 Å². The van der Waals surface area contributed by atoms with Crippen LogP contribution in [0.25, 0.3) is 0 Å².